The summed E-state index contributed by atoms with van der Waals surface area (Å²) in [6, 6.07) is 13.8. The molecule has 0 saturated carbocycles. The average Bonchev–Trinajstić information content (AvgIpc) is 3.04. The van der Waals surface area contributed by atoms with Gasteiger partial charge in [-0.15, -0.1) is 11.3 Å². The van der Waals surface area contributed by atoms with Crippen molar-refractivity contribution in [3.8, 4) is 27.6 Å². The molecule has 0 atom stereocenters. The van der Waals surface area contributed by atoms with Gasteiger partial charge >= 0.3 is 5.63 Å². The maximum atomic E-state index is 12.2. The second-order valence-electron chi connectivity index (χ2n) is 5.21. The molecule has 0 bridgehead atoms. The number of aromatic nitrogens is 1. The molecular weight excluding hydrogens is 346 g/mol. The lowest BCUT2D eigenvalue weighted by molar-refractivity contribution is 0.473. The highest BCUT2D eigenvalue weighted by Crippen LogP contribution is 2.30. The van der Waals surface area contributed by atoms with Gasteiger partial charge in [0, 0.05) is 27.4 Å². The van der Waals surface area contributed by atoms with Crippen LogP contribution in [0.4, 0.5) is 0 Å². The van der Waals surface area contributed by atoms with Crippen molar-refractivity contribution in [3.05, 3.63) is 69.4 Å². The van der Waals surface area contributed by atoms with E-state index in [1.54, 1.807) is 30.3 Å². The highest BCUT2D eigenvalue weighted by atomic mass is 35.5. The maximum Gasteiger partial charge on any atom is 0.345 e. The van der Waals surface area contributed by atoms with Crippen molar-refractivity contribution in [2.24, 2.45) is 0 Å². The zero-order valence-electron chi connectivity index (χ0n) is 12.2. The van der Waals surface area contributed by atoms with Gasteiger partial charge in [0.25, 0.3) is 0 Å². The zero-order chi connectivity index (χ0) is 16.7. The molecule has 1 N–H and O–H groups in total. The van der Waals surface area contributed by atoms with E-state index in [1.807, 2.05) is 17.5 Å². The standard InChI is InChI=1S/C18H10ClNO3S/c19-12-4-1-10(2-5-12)17-20-15(9-24-17)14-7-11-3-6-13(21)8-16(11)23-18(14)22/h1-9,21H. The number of aromatic hydroxyl groups is 1. The van der Waals surface area contributed by atoms with E-state index < -0.39 is 5.63 Å². The van der Waals surface area contributed by atoms with E-state index >= 15 is 0 Å². The van der Waals surface area contributed by atoms with E-state index in [9.17, 15) is 9.90 Å². The third-order valence-corrected chi connectivity index (χ3v) is 4.73. The molecule has 0 amide bonds. The zero-order valence-corrected chi connectivity index (χ0v) is 13.8. The van der Waals surface area contributed by atoms with Gasteiger partial charge in [-0.3, -0.25) is 0 Å². The Kier molecular flexibility index (Phi) is 3.59. The quantitative estimate of drug-likeness (QED) is 0.517. The Balaban J connectivity index is 1.80. The molecule has 2 aromatic heterocycles. The van der Waals surface area contributed by atoms with E-state index in [-0.39, 0.29) is 5.75 Å². The Morgan fingerprint density at radius 1 is 1.08 bits per heavy atom. The van der Waals surface area contributed by atoms with Crippen LogP contribution in [0.1, 0.15) is 0 Å². The first-order valence-corrected chi connectivity index (χ1v) is 8.35. The van der Waals surface area contributed by atoms with Crippen molar-refractivity contribution in [2.45, 2.75) is 0 Å². The molecule has 4 nitrogen and oxygen atoms in total. The first-order chi connectivity index (χ1) is 11.6. The predicted octanol–water partition coefficient (Wildman–Crippen LogP) is 4.94. The number of phenols is 1. The molecular formula is C18H10ClNO3S. The van der Waals surface area contributed by atoms with Gasteiger partial charge in [0.2, 0.25) is 0 Å². The molecule has 0 aliphatic carbocycles. The highest BCUT2D eigenvalue weighted by Gasteiger charge is 2.13. The van der Waals surface area contributed by atoms with Gasteiger partial charge in [-0.1, -0.05) is 23.7 Å². The molecule has 2 heterocycles. The fraction of sp³-hybridized carbons (Fsp3) is 0. The fourth-order valence-corrected chi connectivity index (χ4v) is 3.35. The molecule has 0 fully saturated rings. The van der Waals surface area contributed by atoms with Crippen LogP contribution in [0.3, 0.4) is 0 Å². The molecule has 0 aliphatic heterocycles. The molecule has 0 aliphatic rings. The topological polar surface area (TPSA) is 63.3 Å². The number of nitrogens with zero attached hydrogens (tertiary/aromatic N) is 1. The van der Waals surface area contributed by atoms with E-state index in [0.29, 0.717) is 21.9 Å². The molecule has 0 spiro atoms. The summed E-state index contributed by atoms with van der Waals surface area (Å²) >= 11 is 7.34. The summed E-state index contributed by atoms with van der Waals surface area (Å²) in [5.41, 5.74) is 1.75. The molecule has 0 radical (unpaired) electrons. The number of hydrogen-bond acceptors (Lipinski definition) is 5. The van der Waals surface area contributed by atoms with Crippen LogP contribution >= 0.6 is 22.9 Å². The van der Waals surface area contributed by atoms with Crippen LogP contribution in [0.2, 0.25) is 5.02 Å². The molecule has 2 aromatic carbocycles. The predicted molar refractivity (Wildman–Crippen MR) is 95.7 cm³/mol. The van der Waals surface area contributed by atoms with Crippen LogP contribution in [0.15, 0.2) is 63.1 Å². The largest absolute Gasteiger partial charge is 0.508 e. The van der Waals surface area contributed by atoms with Gasteiger partial charge in [0.15, 0.2) is 0 Å². The van der Waals surface area contributed by atoms with Crippen molar-refractivity contribution < 1.29 is 9.52 Å². The van der Waals surface area contributed by atoms with Crippen LogP contribution in [-0.4, -0.2) is 10.1 Å². The normalized spacial score (nSPS) is 11.0. The lowest BCUT2D eigenvalue weighted by Gasteiger charge is -2.00. The number of hydrogen-bond donors (Lipinski definition) is 1. The van der Waals surface area contributed by atoms with E-state index in [0.717, 1.165) is 16.0 Å². The van der Waals surface area contributed by atoms with E-state index in [2.05, 4.69) is 4.98 Å². The third kappa shape index (κ3) is 2.68. The number of rotatable bonds is 2. The minimum Gasteiger partial charge on any atom is -0.508 e. The Labute approximate surface area is 145 Å². The Hall–Kier alpha value is -2.63. The summed E-state index contributed by atoms with van der Waals surface area (Å²) in [6.07, 6.45) is 0. The van der Waals surface area contributed by atoms with Gasteiger partial charge in [0.1, 0.15) is 16.3 Å². The molecule has 4 rings (SSSR count). The fourth-order valence-electron chi connectivity index (χ4n) is 2.40. The van der Waals surface area contributed by atoms with E-state index in [4.69, 9.17) is 16.0 Å². The van der Waals surface area contributed by atoms with Gasteiger partial charge < -0.3 is 9.52 Å². The number of thiazole rings is 1. The third-order valence-electron chi connectivity index (χ3n) is 3.59. The van der Waals surface area contributed by atoms with Crippen LogP contribution < -0.4 is 5.63 Å². The number of benzene rings is 2. The summed E-state index contributed by atoms with van der Waals surface area (Å²) in [5.74, 6) is 0.0529. The minimum atomic E-state index is -0.485. The molecule has 0 unspecified atom stereocenters. The van der Waals surface area contributed by atoms with Gasteiger partial charge in [-0.25, -0.2) is 9.78 Å². The molecule has 24 heavy (non-hydrogen) atoms. The molecule has 6 heteroatoms. The monoisotopic (exact) mass is 355 g/mol. The Bertz CT molecular complexity index is 1100. The Morgan fingerprint density at radius 3 is 2.67 bits per heavy atom. The number of phenolic OH excluding ortho intramolecular Hbond substituents is 1. The summed E-state index contributed by atoms with van der Waals surface area (Å²) in [7, 11) is 0. The summed E-state index contributed by atoms with van der Waals surface area (Å²) < 4.78 is 5.29. The van der Waals surface area contributed by atoms with Crippen LogP contribution in [-0.2, 0) is 0 Å². The average molecular weight is 356 g/mol. The smallest absolute Gasteiger partial charge is 0.345 e. The molecule has 4 aromatic rings. The number of halogens is 1. The van der Waals surface area contributed by atoms with Gasteiger partial charge in [-0.05, 0) is 30.3 Å². The van der Waals surface area contributed by atoms with Crippen molar-refractivity contribution >= 4 is 33.9 Å². The summed E-state index contributed by atoms with van der Waals surface area (Å²) in [4.78, 5) is 16.8. The lowest BCUT2D eigenvalue weighted by atomic mass is 10.1. The maximum absolute atomic E-state index is 12.2. The first kappa shape index (κ1) is 14.9. The molecule has 0 saturated heterocycles. The minimum absolute atomic E-state index is 0.0529. The van der Waals surface area contributed by atoms with Crippen molar-refractivity contribution in [1.82, 2.24) is 4.98 Å². The van der Waals surface area contributed by atoms with Crippen LogP contribution in [0.5, 0.6) is 5.75 Å². The second kappa shape index (κ2) is 5.78. The van der Waals surface area contributed by atoms with Gasteiger partial charge in [-0.2, -0.15) is 0 Å². The van der Waals surface area contributed by atoms with Crippen LogP contribution in [0, 0.1) is 0 Å². The summed E-state index contributed by atoms with van der Waals surface area (Å²) in [5, 5.41) is 13.5. The van der Waals surface area contributed by atoms with Crippen molar-refractivity contribution in [3.63, 3.8) is 0 Å². The van der Waals surface area contributed by atoms with Crippen LogP contribution in [0.25, 0.3) is 32.8 Å². The van der Waals surface area contributed by atoms with E-state index in [1.165, 1.54) is 17.4 Å². The van der Waals surface area contributed by atoms with Crippen molar-refractivity contribution in [2.75, 3.05) is 0 Å². The summed E-state index contributed by atoms with van der Waals surface area (Å²) in [6.45, 7) is 0. The lowest BCUT2D eigenvalue weighted by Crippen LogP contribution is -2.02. The SMILES string of the molecule is O=c1oc2cc(O)ccc2cc1-c1csc(-c2ccc(Cl)cc2)n1. The van der Waals surface area contributed by atoms with Gasteiger partial charge in [0.05, 0.1) is 11.3 Å². The van der Waals surface area contributed by atoms with Crippen molar-refractivity contribution in [1.29, 1.82) is 0 Å². The molecule has 118 valence electrons. The second-order valence-corrected chi connectivity index (χ2v) is 6.51. The Morgan fingerprint density at radius 2 is 1.88 bits per heavy atom. The first-order valence-electron chi connectivity index (χ1n) is 7.09. The highest BCUT2D eigenvalue weighted by molar-refractivity contribution is 7.13. The number of fused-ring (bicyclic) bond motifs is 1.